The summed E-state index contributed by atoms with van der Waals surface area (Å²) in [5.74, 6) is 1.32. The maximum absolute atomic E-state index is 12.4. The van der Waals surface area contributed by atoms with Crippen LogP contribution in [0.1, 0.15) is 121 Å². The first-order chi connectivity index (χ1) is 23.1. The van der Waals surface area contributed by atoms with Crippen LogP contribution in [0.5, 0.6) is 0 Å². The highest BCUT2D eigenvalue weighted by atomic mass is 16.5. The Morgan fingerprint density at radius 3 is 2.00 bits per heavy atom. The number of esters is 2. The molecular formula is C43H60O5. The average Bonchev–Trinajstić information content (AvgIpc) is 3.11. The number of benzene rings is 2. The molecule has 2 aliphatic carbocycles. The van der Waals surface area contributed by atoms with Crippen LogP contribution in [0.15, 0.2) is 66.8 Å². The number of aryl methyl sites for hydroxylation is 2. The van der Waals surface area contributed by atoms with E-state index in [1.165, 1.54) is 86.1 Å². The fraction of sp³-hybridized carbons (Fsp3) is 0.581. The van der Waals surface area contributed by atoms with Crippen molar-refractivity contribution in [3.05, 3.63) is 83.5 Å². The third kappa shape index (κ3) is 10.4. The summed E-state index contributed by atoms with van der Waals surface area (Å²) in [4.78, 5) is 24.5. The fourth-order valence-electron chi connectivity index (χ4n) is 7.97. The van der Waals surface area contributed by atoms with E-state index in [1.807, 2.05) is 0 Å². The Balaban J connectivity index is 1.28. The molecule has 1 N–H and O–H groups in total. The number of hydrogen-bond acceptors (Lipinski definition) is 5. The number of aliphatic hydroxyl groups is 1. The van der Waals surface area contributed by atoms with Gasteiger partial charge < -0.3 is 14.6 Å². The van der Waals surface area contributed by atoms with E-state index in [2.05, 4.69) is 69.5 Å². The summed E-state index contributed by atoms with van der Waals surface area (Å²) in [6, 6.07) is 16.5. The van der Waals surface area contributed by atoms with Crippen molar-refractivity contribution in [3.8, 4) is 11.1 Å². The van der Waals surface area contributed by atoms with Gasteiger partial charge in [-0.25, -0.2) is 9.59 Å². The minimum absolute atomic E-state index is 0.0383. The first-order valence-electron chi connectivity index (χ1n) is 18.7. The average molecular weight is 657 g/mol. The second-order valence-electron chi connectivity index (χ2n) is 14.6. The Morgan fingerprint density at radius 1 is 0.833 bits per heavy atom. The van der Waals surface area contributed by atoms with Crippen LogP contribution >= 0.6 is 0 Å². The Labute approximate surface area is 290 Å². The molecule has 0 saturated heterocycles. The fourth-order valence-corrected chi connectivity index (χ4v) is 7.97. The van der Waals surface area contributed by atoms with Gasteiger partial charge in [-0.3, -0.25) is 0 Å². The third-order valence-electron chi connectivity index (χ3n) is 11.2. The molecule has 2 aromatic rings. The van der Waals surface area contributed by atoms with E-state index in [0.717, 1.165) is 43.9 Å². The van der Waals surface area contributed by atoms with Crippen molar-refractivity contribution in [3.63, 3.8) is 0 Å². The van der Waals surface area contributed by atoms with E-state index < -0.39 is 18.0 Å². The van der Waals surface area contributed by atoms with Gasteiger partial charge in [-0.1, -0.05) is 82.3 Å². The molecule has 0 aliphatic heterocycles. The maximum atomic E-state index is 12.4. The number of carbonyl (C=O) groups excluding carboxylic acids is 2. The summed E-state index contributed by atoms with van der Waals surface area (Å²) in [6.45, 7) is 15.3. The molecule has 262 valence electrons. The largest absolute Gasteiger partial charge is 0.462 e. The van der Waals surface area contributed by atoms with Crippen molar-refractivity contribution < 1.29 is 24.2 Å². The Bertz CT molecular complexity index is 1360. The van der Waals surface area contributed by atoms with Crippen LogP contribution in [0.2, 0.25) is 0 Å². The zero-order valence-corrected chi connectivity index (χ0v) is 30.1. The summed E-state index contributed by atoms with van der Waals surface area (Å²) in [5, 5.41) is 9.70. The molecule has 2 unspecified atom stereocenters. The van der Waals surface area contributed by atoms with Crippen molar-refractivity contribution in [2.45, 2.75) is 123 Å². The van der Waals surface area contributed by atoms with Gasteiger partial charge in [0.05, 0.1) is 24.9 Å². The summed E-state index contributed by atoms with van der Waals surface area (Å²) < 4.78 is 11.0. The first kappa shape index (κ1) is 37.6. The van der Waals surface area contributed by atoms with Crippen LogP contribution in [-0.4, -0.2) is 36.4 Å². The van der Waals surface area contributed by atoms with Crippen LogP contribution in [0.25, 0.3) is 11.1 Å². The highest BCUT2D eigenvalue weighted by Gasteiger charge is 2.35. The van der Waals surface area contributed by atoms with E-state index in [1.54, 1.807) is 6.92 Å². The van der Waals surface area contributed by atoms with Gasteiger partial charge in [-0.2, -0.15) is 0 Å². The predicted octanol–water partition coefficient (Wildman–Crippen LogP) is 9.94. The minimum Gasteiger partial charge on any atom is -0.462 e. The molecule has 2 aliphatic rings. The van der Waals surface area contributed by atoms with Gasteiger partial charge in [0.15, 0.2) is 0 Å². The monoisotopic (exact) mass is 656 g/mol. The lowest BCUT2D eigenvalue weighted by Gasteiger charge is -2.39. The van der Waals surface area contributed by atoms with Gasteiger partial charge in [-0.15, -0.1) is 0 Å². The molecule has 0 radical (unpaired) electrons. The van der Waals surface area contributed by atoms with Crippen molar-refractivity contribution >= 4 is 11.9 Å². The molecule has 2 fully saturated rings. The Hall–Kier alpha value is -3.18. The second kappa shape index (κ2) is 18.5. The van der Waals surface area contributed by atoms with Crippen molar-refractivity contribution in [2.75, 3.05) is 13.2 Å². The number of aliphatic hydroxyl groups excluding tert-OH is 1. The third-order valence-corrected chi connectivity index (χ3v) is 11.2. The molecular weight excluding hydrogens is 596 g/mol. The molecule has 0 bridgehead atoms. The van der Waals surface area contributed by atoms with E-state index in [0.29, 0.717) is 17.4 Å². The van der Waals surface area contributed by atoms with Crippen LogP contribution in [0.4, 0.5) is 0 Å². The van der Waals surface area contributed by atoms with Gasteiger partial charge in [-0.05, 0) is 136 Å². The van der Waals surface area contributed by atoms with Gasteiger partial charge in [0, 0.05) is 11.5 Å². The van der Waals surface area contributed by atoms with Gasteiger partial charge in [0.1, 0.15) is 0 Å². The smallest absolute Gasteiger partial charge is 0.336 e. The molecule has 2 atom stereocenters. The van der Waals surface area contributed by atoms with Crippen molar-refractivity contribution in [1.82, 2.24) is 0 Å². The summed E-state index contributed by atoms with van der Waals surface area (Å²) in [7, 11) is 0. The highest BCUT2D eigenvalue weighted by molar-refractivity contribution is 5.88. The van der Waals surface area contributed by atoms with E-state index in [-0.39, 0.29) is 24.7 Å². The molecule has 0 aromatic heterocycles. The van der Waals surface area contributed by atoms with Crippen LogP contribution in [-0.2, 0) is 31.9 Å². The van der Waals surface area contributed by atoms with Gasteiger partial charge in [0.2, 0.25) is 0 Å². The molecule has 0 spiro atoms. The molecule has 2 saturated carbocycles. The Kier molecular flexibility index (Phi) is 14.5. The molecule has 0 heterocycles. The maximum Gasteiger partial charge on any atom is 0.336 e. The van der Waals surface area contributed by atoms with Crippen LogP contribution in [0.3, 0.4) is 0 Å². The first-order valence-corrected chi connectivity index (χ1v) is 18.7. The lowest BCUT2D eigenvalue weighted by Crippen LogP contribution is -2.33. The summed E-state index contributed by atoms with van der Waals surface area (Å²) in [6.07, 6.45) is 14.6. The number of carbonyl (C=O) groups is 2. The molecule has 5 nitrogen and oxygen atoms in total. The number of ether oxygens (including phenoxy) is 2. The standard InChI is InChI=1S/C43H60O5/c1-7-9-10-11-32-12-25-41(33(8-2)26-32)39-23-21-37(22-24-39)35-15-13-34(14-16-35)36-17-19-38(20-18-36)40(27-47-42(45)29(3)4)28-48-43(46)30(5)31(6)44/h12,21-26,31,34-36,38,40,44H,3,5,7-11,13-20,27-28H2,1-2,4,6H3. The molecule has 4 rings (SSSR count). The number of hydrogen-bond donors (Lipinski definition) is 1. The lowest BCUT2D eigenvalue weighted by atomic mass is 9.67. The quantitative estimate of drug-likeness (QED) is 0.111. The number of rotatable bonds is 16. The highest BCUT2D eigenvalue weighted by Crippen LogP contribution is 2.45. The van der Waals surface area contributed by atoms with E-state index >= 15 is 0 Å². The Morgan fingerprint density at radius 2 is 1.44 bits per heavy atom. The zero-order chi connectivity index (χ0) is 34.6. The lowest BCUT2D eigenvalue weighted by molar-refractivity contribution is -0.146. The van der Waals surface area contributed by atoms with Crippen molar-refractivity contribution in [1.29, 1.82) is 0 Å². The topological polar surface area (TPSA) is 72.8 Å². The molecule has 48 heavy (non-hydrogen) atoms. The van der Waals surface area contributed by atoms with Crippen LogP contribution < -0.4 is 0 Å². The van der Waals surface area contributed by atoms with E-state index in [9.17, 15) is 14.7 Å². The molecule has 5 heteroatoms. The SMILES string of the molecule is C=C(C)C(=O)OCC(COC(=O)C(=C)C(C)O)C1CCC(C2CCC(c3ccc(-c4ccc(CCCCC)cc4CC)cc3)CC2)CC1. The summed E-state index contributed by atoms with van der Waals surface area (Å²) >= 11 is 0. The predicted molar refractivity (Wildman–Crippen MR) is 196 cm³/mol. The van der Waals surface area contributed by atoms with Gasteiger partial charge in [0.25, 0.3) is 0 Å². The van der Waals surface area contributed by atoms with Crippen molar-refractivity contribution in [2.24, 2.45) is 23.7 Å². The van der Waals surface area contributed by atoms with Gasteiger partial charge >= 0.3 is 11.9 Å². The zero-order valence-electron chi connectivity index (χ0n) is 30.1. The molecule has 2 aromatic carbocycles. The van der Waals surface area contributed by atoms with Crippen LogP contribution in [0, 0.1) is 23.7 Å². The minimum atomic E-state index is -0.959. The number of unbranched alkanes of at least 4 members (excludes halogenated alkanes) is 2. The van der Waals surface area contributed by atoms with E-state index in [4.69, 9.17) is 9.47 Å². The normalized spacial score (nSPS) is 22.4. The molecule has 0 amide bonds. The summed E-state index contributed by atoms with van der Waals surface area (Å²) in [5.41, 5.74) is 7.51. The second-order valence-corrected chi connectivity index (χ2v) is 14.6.